The highest BCUT2D eigenvalue weighted by Gasteiger charge is 2.36. The second-order valence-corrected chi connectivity index (χ2v) is 5.43. The summed E-state index contributed by atoms with van der Waals surface area (Å²) in [5.74, 6) is -1.39. The lowest BCUT2D eigenvalue weighted by Crippen LogP contribution is -2.48. The molecule has 0 bridgehead atoms. The topological polar surface area (TPSA) is 58.6 Å². The number of hydrogen-bond acceptors (Lipinski definition) is 3. The highest BCUT2D eigenvalue weighted by molar-refractivity contribution is 6.10. The molecular weight excluding hydrogens is 275 g/mol. The van der Waals surface area contributed by atoms with E-state index in [0.29, 0.717) is 12.3 Å². The van der Waals surface area contributed by atoms with Crippen LogP contribution in [0.15, 0.2) is 18.2 Å². The molecule has 0 saturated carbocycles. The Labute approximate surface area is 122 Å². The van der Waals surface area contributed by atoms with E-state index in [1.807, 2.05) is 6.92 Å². The van der Waals surface area contributed by atoms with Gasteiger partial charge in [-0.25, -0.2) is 4.39 Å². The molecule has 21 heavy (non-hydrogen) atoms. The summed E-state index contributed by atoms with van der Waals surface area (Å²) >= 11 is 0. The Morgan fingerprint density at radius 1 is 1.48 bits per heavy atom. The number of hydrogen-bond donors (Lipinski definition) is 1. The Morgan fingerprint density at radius 2 is 2.29 bits per heavy atom. The molecule has 1 saturated heterocycles. The Bertz CT molecular complexity index is 590. The van der Waals surface area contributed by atoms with Crippen LogP contribution < -0.4 is 10.2 Å². The fourth-order valence-electron chi connectivity index (χ4n) is 2.91. The maximum absolute atomic E-state index is 13.8. The molecule has 2 amide bonds. The monoisotopic (exact) mass is 292 g/mol. The third-order valence-electron chi connectivity index (χ3n) is 4.04. The van der Waals surface area contributed by atoms with Gasteiger partial charge in [-0.15, -0.1) is 0 Å². The van der Waals surface area contributed by atoms with E-state index in [1.165, 1.54) is 17.0 Å². The predicted molar refractivity (Wildman–Crippen MR) is 75.5 cm³/mol. The summed E-state index contributed by atoms with van der Waals surface area (Å²) in [4.78, 5) is 25.8. The van der Waals surface area contributed by atoms with Gasteiger partial charge in [0.15, 0.2) is 0 Å². The van der Waals surface area contributed by atoms with Gasteiger partial charge in [0.2, 0.25) is 11.8 Å². The van der Waals surface area contributed by atoms with E-state index in [9.17, 15) is 14.0 Å². The minimum atomic E-state index is -0.536. The third kappa shape index (κ3) is 2.51. The number of benzene rings is 1. The average Bonchev–Trinajstić information content (AvgIpc) is 2.47. The number of anilines is 2. The Balaban J connectivity index is 1.94. The SMILES string of the molecule is CC1OCCCC1C(=O)N1CC(=O)Nc2c(F)cccc21. The fourth-order valence-corrected chi connectivity index (χ4v) is 2.91. The second-order valence-electron chi connectivity index (χ2n) is 5.43. The van der Waals surface area contributed by atoms with E-state index >= 15 is 0 Å². The standard InChI is InChI=1S/C15H17FN2O3/c1-9-10(4-3-7-21-9)15(20)18-8-13(19)17-14-11(16)5-2-6-12(14)18/h2,5-6,9-10H,3-4,7-8H2,1H3,(H,17,19). The van der Waals surface area contributed by atoms with Crippen LogP contribution in [0.2, 0.25) is 0 Å². The number of nitrogens with zero attached hydrogens (tertiary/aromatic N) is 1. The fraction of sp³-hybridized carbons (Fsp3) is 0.467. The van der Waals surface area contributed by atoms with Crippen molar-refractivity contribution in [2.45, 2.75) is 25.9 Å². The molecule has 0 aliphatic carbocycles. The molecule has 0 spiro atoms. The Kier molecular flexibility index (Phi) is 3.63. The molecular formula is C15H17FN2O3. The third-order valence-corrected chi connectivity index (χ3v) is 4.04. The maximum atomic E-state index is 13.8. The minimum Gasteiger partial charge on any atom is -0.378 e. The smallest absolute Gasteiger partial charge is 0.244 e. The van der Waals surface area contributed by atoms with Crippen LogP contribution >= 0.6 is 0 Å². The molecule has 2 unspecified atom stereocenters. The van der Waals surface area contributed by atoms with Gasteiger partial charge >= 0.3 is 0 Å². The lowest BCUT2D eigenvalue weighted by Gasteiger charge is -2.35. The van der Waals surface area contributed by atoms with E-state index in [-0.39, 0.29) is 36.1 Å². The molecule has 0 aromatic heterocycles. The lowest BCUT2D eigenvalue weighted by molar-refractivity contribution is -0.131. The first kappa shape index (κ1) is 14.0. The van der Waals surface area contributed by atoms with Crippen molar-refractivity contribution in [3.8, 4) is 0 Å². The lowest BCUT2D eigenvalue weighted by atomic mass is 9.93. The molecule has 2 aliphatic heterocycles. The van der Waals surface area contributed by atoms with Crippen molar-refractivity contribution in [2.75, 3.05) is 23.4 Å². The van der Waals surface area contributed by atoms with Crippen LogP contribution in [0.25, 0.3) is 0 Å². The number of amides is 2. The minimum absolute atomic E-state index is 0.0754. The zero-order valence-corrected chi connectivity index (χ0v) is 11.8. The van der Waals surface area contributed by atoms with E-state index in [2.05, 4.69) is 5.32 Å². The highest BCUT2D eigenvalue weighted by Crippen LogP contribution is 2.34. The van der Waals surface area contributed by atoms with Crippen molar-refractivity contribution in [3.05, 3.63) is 24.0 Å². The summed E-state index contributed by atoms with van der Waals surface area (Å²) in [6.07, 6.45) is 1.35. The zero-order valence-electron chi connectivity index (χ0n) is 11.8. The van der Waals surface area contributed by atoms with E-state index in [4.69, 9.17) is 4.74 Å². The summed E-state index contributed by atoms with van der Waals surface area (Å²) < 4.78 is 19.3. The summed E-state index contributed by atoms with van der Waals surface area (Å²) in [5, 5.41) is 2.49. The molecule has 5 nitrogen and oxygen atoms in total. The first-order valence-electron chi connectivity index (χ1n) is 7.09. The first-order chi connectivity index (χ1) is 10.1. The summed E-state index contributed by atoms with van der Waals surface area (Å²) in [6, 6.07) is 4.44. The van der Waals surface area contributed by atoms with Gasteiger partial charge in [-0.05, 0) is 31.9 Å². The normalized spacial score (nSPS) is 25.2. The summed E-state index contributed by atoms with van der Waals surface area (Å²) in [7, 11) is 0. The second kappa shape index (κ2) is 5.44. The van der Waals surface area contributed by atoms with Crippen molar-refractivity contribution in [3.63, 3.8) is 0 Å². The molecule has 3 rings (SSSR count). The van der Waals surface area contributed by atoms with Gasteiger partial charge < -0.3 is 15.0 Å². The highest BCUT2D eigenvalue weighted by atomic mass is 19.1. The molecule has 2 aliphatic rings. The maximum Gasteiger partial charge on any atom is 0.244 e. The van der Waals surface area contributed by atoms with Gasteiger partial charge in [0.25, 0.3) is 0 Å². The van der Waals surface area contributed by atoms with E-state index in [1.54, 1.807) is 6.07 Å². The van der Waals surface area contributed by atoms with Gasteiger partial charge in [0, 0.05) is 6.61 Å². The molecule has 1 N–H and O–H groups in total. The zero-order chi connectivity index (χ0) is 15.0. The van der Waals surface area contributed by atoms with Crippen molar-refractivity contribution >= 4 is 23.2 Å². The molecule has 1 aromatic carbocycles. The van der Waals surface area contributed by atoms with Crippen LogP contribution in [-0.4, -0.2) is 31.1 Å². The number of ether oxygens (including phenoxy) is 1. The first-order valence-corrected chi connectivity index (χ1v) is 7.09. The van der Waals surface area contributed by atoms with Crippen LogP contribution in [0.4, 0.5) is 15.8 Å². The number of carbonyl (C=O) groups excluding carboxylic acids is 2. The Hall–Kier alpha value is -1.95. The number of carbonyl (C=O) groups is 2. The number of halogens is 1. The van der Waals surface area contributed by atoms with Crippen LogP contribution in [0.3, 0.4) is 0 Å². The quantitative estimate of drug-likeness (QED) is 0.860. The van der Waals surface area contributed by atoms with Crippen molar-refractivity contribution < 1.29 is 18.7 Å². The van der Waals surface area contributed by atoms with Crippen molar-refractivity contribution in [1.82, 2.24) is 0 Å². The van der Waals surface area contributed by atoms with Crippen LogP contribution in [-0.2, 0) is 14.3 Å². The van der Waals surface area contributed by atoms with Crippen molar-refractivity contribution in [1.29, 1.82) is 0 Å². The van der Waals surface area contributed by atoms with Gasteiger partial charge in [-0.2, -0.15) is 0 Å². The van der Waals surface area contributed by atoms with Crippen LogP contribution in [0, 0.1) is 11.7 Å². The molecule has 6 heteroatoms. The molecule has 1 fully saturated rings. The van der Waals surface area contributed by atoms with Crippen LogP contribution in [0.5, 0.6) is 0 Å². The number of nitrogens with one attached hydrogen (secondary N) is 1. The number of rotatable bonds is 1. The largest absolute Gasteiger partial charge is 0.378 e. The van der Waals surface area contributed by atoms with Gasteiger partial charge in [0.05, 0.1) is 17.7 Å². The molecule has 1 aromatic rings. The van der Waals surface area contributed by atoms with Gasteiger partial charge in [0.1, 0.15) is 18.0 Å². The summed E-state index contributed by atoms with van der Waals surface area (Å²) in [6.45, 7) is 2.42. The predicted octanol–water partition coefficient (Wildman–Crippen LogP) is 1.93. The Morgan fingerprint density at radius 3 is 3.05 bits per heavy atom. The molecule has 0 radical (unpaired) electrons. The molecule has 2 heterocycles. The summed E-state index contributed by atoms with van der Waals surface area (Å²) in [5.41, 5.74) is 0.490. The van der Waals surface area contributed by atoms with Crippen molar-refractivity contribution in [2.24, 2.45) is 5.92 Å². The van der Waals surface area contributed by atoms with E-state index in [0.717, 1.165) is 12.8 Å². The van der Waals surface area contributed by atoms with E-state index < -0.39 is 5.82 Å². The average molecular weight is 292 g/mol. The van der Waals surface area contributed by atoms with Crippen LogP contribution in [0.1, 0.15) is 19.8 Å². The van der Waals surface area contributed by atoms with Gasteiger partial charge in [-0.1, -0.05) is 6.07 Å². The number of para-hydroxylation sites is 1. The molecule has 2 atom stereocenters. The number of fused-ring (bicyclic) bond motifs is 1. The molecule has 112 valence electrons. The van der Waals surface area contributed by atoms with Gasteiger partial charge in [-0.3, -0.25) is 9.59 Å².